The zero-order valence-corrected chi connectivity index (χ0v) is 17.1. The molecule has 1 aliphatic heterocycles. The summed E-state index contributed by atoms with van der Waals surface area (Å²) in [5.41, 5.74) is 2.57. The lowest BCUT2D eigenvalue weighted by molar-refractivity contribution is -0.120. The third-order valence-electron chi connectivity index (χ3n) is 5.00. The van der Waals surface area contributed by atoms with E-state index in [0.717, 1.165) is 26.5 Å². The molecule has 8 heteroatoms. The number of nitrogens with one attached hydrogen (secondary N) is 1. The van der Waals surface area contributed by atoms with Crippen LogP contribution in [0, 0.1) is 5.92 Å². The van der Waals surface area contributed by atoms with Gasteiger partial charge in [-0.15, -0.1) is 11.3 Å². The molecule has 0 atom stereocenters. The number of fused-ring (bicyclic) bond motifs is 1. The van der Waals surface area contributed by atoms with E-state index in [0.29, 0.717) is 25.9 Å². The Kier molecular flexibility index (Phi) is 5.18. The lowest BCUT2D eigenvalue weighted by atomic mass is 9.97. The summed E-state index contributed by atoms with van der Waals surface area (Å²) in [6, 6.07) is 15.6. The number of anilines is 1. The van der Waals surface area contributed by atoms with E-state index in [1.807, 2.05) is 48.5 Å². The van der Waals surface area contributed by atoms with Crippen molar-refractivity contribution >= 4 is 43.2 Å². The third kappa shape index (κ3) is 3.94. The van der Waals surface area contributed by atoms with Gasteiger partial charge in [-0.3, -0.25) is 4.79 Å². The second-order valence-corrected chi connectivity index (χ2v) is 9.97. The zero-order valence-electron chi connectivity index (χ0n) is 15.5. The Labute approximate surface area is 168 Å². The number of hydrogen-bond donors (Lipinski definition) is 1. The van der Waals surface area contributed by atoms with Crippen molar-refractivity contribution in [3.05, 3.63) is 48.5 Å². The summed E-state index contributed by atoms with van der Waals surface area (Å²) in [4.78, 5) is 17.5. The third-order valence-corrected chi connectivity index (χ3v) is 7.38. The van der Waals surface area contributed by atoms with Gasteiger partial charge in [0.15, 0.2) is 0 Å². The fourth-order valence-corrected chi connectivity index (χ4v) is 5.33. The summed E-state index contributed by atoms with van der Waals surface area (Å²) >= 11 is 1.59. The SMILES string of the molecule is CS(=O)(=O)N1CCC(C(=O)Nc2ccccc2-c2nc3ccccc3s2)CC1. The summed E-state index contributed by atoms with van der Waals surface area (Å²) in [5.74, 6) is -0.261. The normalized spacial score (nSPS) is 16.3. The van der Waals surface area contributed by atoms with Gasteiger partial charge in [-0.1, -0.05) is 24.3 Å². The van der Waals surface area contributed by atoms with Gasteiger partial charge in [0.25, 0.3) is 0 Å². The van der Waals surface area contributed by atoms with E-state index in [2.05, 4.69) is 5.32 Å². The Balaban J connectivity index is 1.52. The second-order valence-electron chi connectivity index (χ2n) is 6.96. The van der Waals surface area contributed by atoms with Crippen LogP contribution in [0.1, 0.15) is 12.8 Å². The molecule has 1 amide bonds. The largest absolute Gasteiger partial charge is 0.325 e. The van der Waals surface area contributed by atoms with E-state index in [1.54, 1.807) is 11.3 Å². The van der Waals surface area contributed by atoms with Crippen LogP contribution in [0.4, 0.5) is 5.69 Å². The summed E-state index contributed by atoms with van der Waals surface area (Å²) in [7, 11) is -3.19. The number of sulfonamides is 1. The first-order chi connectivity index (χ1) is 13.4. The van der Waals surface area contributed by atoms with Gasteiger partial charge in [0.05, 0.1) is 22.2 Å². The molecule has 0 bridgehead atoms. The van der Waals surface area contributed by atoms with E-state index in [4.69, 9.17) is 4.98 Å². The Hall–Kier alpha value is -2.29. The molecule has 0 aliphatic carbocycles. The van der Waals surface area contributed by atoms with Crippen molar-refractivity contribution in [1.29, 1.82) is 0 Å². The van der Waals surface area contributed by atoms with Crippen molar-refractivity contribution in [3.63, 3.8) is 0 Å². The fraction of sp³-hybridized carbons (Fsp3) is 0.300. The van der Waals surface area contributed by atoms with Crippen LogP contribution in [0.15, 0.2) is 48.5 Å². The molecule has 146 valence electrons. The standard InChI is InChI=1S/C20H21N3O3S2/c1-28(25,26)23-12-10-14(11-13-23)19(24)21-16-7-3-2-6-15(16)20-22-17-8-4-5-9-18(17)27-20/h2-9,14H,10-13H2,1H3,(H,21,24). The Bertz CT molecular complexity index is 1080. The van der Waals surface area contributed by atoms with Crippen molar-refractivity contribution < 1.29 is 13.2 Å². The molecule has 0 unspecified atom stereocenters. The quantitative estimate of drug-likeness (QED) is 0.706. The topological polar surface area (TPSA) is 79.4 Å². The Morgan fingerprint density at radius 1 is 1.11 bits per heavy atom. The molecule has 1 fully saturated rings. The highest BCUT2D eigenvalue weighted by atomic mass is 32.2. The first kappa shape index (κ1) is 19.0. The van der Waals surface area contributed by atoms with Gasteiger partial charge in [-0.05, 0) is 37.1 Å². The van der Waals surface area contributed by atoms with Crippen molar-refractivity contribution in [2.24, 2.45) is 5.92 Å². The van der Waals surface area contributed by atoms with E-state index in [9.17, 15) is 13.2 Å². The van der Waals surface area contributed by atoms with E-state index < -0.39 is 10.0 Å². The number of amides is 1. The molecule has 0 saturated carbocycles. The van der Waals surface area contributed by atoms with Crippen LogP contribution < -0.4 is 5.32 Å². The lowest BCUT2D eigenvalue weighted by Gasteiger charge is -2.29. The van der Waals surface area contributed by atoms with E-state index in [1.165, 1.54) is 10.6 Å². The highest BCUT2D eigenvalue weighted by Gasteiger charge is 2.29. The molecule has 6 nitrogen and oxygen atoms in total. The number of rotatable bonds is 4. The number of benzene rings is 2. The zero-order chi connectivity index (χ0) is 19.7. The lowest BCUT2D eigenvalue weighted by Crippen LogP contribution is -2.40. The second kappa shape index (κ2) is 7.62. The van der Waals surface area contributed by atoms with Crippen molar-refractivity contribution in [3.8, 4) is 10.6 Å². The smallest absolute Gasteiger partial charge is 0.227 e. The summed E-state index contributed by atoms with van der Waals surface area (Å²) in [5, 5.41) is 3.90. The van der Waals surface area contributed by atoms with Crippen LogP contribution in [0.2, 0.25) is 0 Å². The molecule has 1 saturated heterocycles. The molecule has 0 radical (unpaired) electrons. The molecule has 28 heavy (non-hydrogen) atoms. The van der Waals surface area contributed by atoms with E-state index >= 15 is 0 Å². The van der Waals surface area contributed by atoms with Crippen LogP contribution in [-0.4, -0.2) is 43.0 Å². The van der Waals surface area contributed by atoms with Crippen LogP contribution in [0.3, 0.4) is 0 Å². The molecule has 0 spiro atoms. The van der Waals surface area contributed by atoms with Gasteiger partial charge in [-0.25, -0.2) is 17.7 Å². The molecule has 1 N–H and O–H groups in total. The molecular weight excluding hydrogens is 394 g/mol. The minimum absolute atomic E-state index is 0.0679. The van der Waals surface area contributed by atoms with Gasteiger partial charge >= 0.3 is 0 Å². The number of piperidine rings is 1. The molecule has 1 aliphatic rings. The number of hydrogen-bond acceptors (Lipinski definition) is 5. The molecular formula is C20H21N3O3S2. The molecule has 3 aromatic rings. The van der Waals surface area contributed by atoms with Gasteiger partial charge in [0.2, 0.25) is 15.9 Å². The van der Waals surface area contributed by atoms with Gasteiger partial charge < -0.3 is 5.32 Å². The summed E-state index contributed by atoms with van der Waals surface area (Å²) < 4.78 is 25.8. The van der Waals surface area contributed by atoms with Crippen molar-refractivity contribution in [2.75, 3.05) is 24.7 Å². The van der Waals surface area contributed by atoms with Crippen molar-refractivity contribution in [2.45, 2.75) is 12.8 Å². The van der Waals surface area contributed by atoms with Crippen LogP contribution in [0.5, 0.6) is 0 Å². The molecule has 2 aromatic carbocycles. The van der Waals surface area contributed by atoms with Crippen LogP contribution >= 0.6 is 11.3 Å². The number of thiazole rings is 1. The number of carbonyl (C=O) groups excluding carboxylic acids is 1. The molecule has 2 heterocycles. The molecule has 1 aromatic heterocycles. The minimum Gasteiger partial charge on any atom is -0.325 e. The Morgan fingerprint density at radius 3 is 2.50 bits per heavy atom. The molecule has 4 rings (SSSR count). The first-order valence-electron chi connectivity index (χ1n) is 9.13. The summed E-state index contributed by atoms with van der Waals surface area (Å²) in [6.45, 7) is 0.771. The predicted octanol–water partition coefficient (Wildman–Crippen LogP) is 3.57. The number of nitrogens with zero attached hydrogens (tertiary/aromatic N) is 2. The fourth-order valence-electron chi connectivity index (χ4n) is 3.45. The maximum absolute atomic E-state index is 12.8. The van der Waals surface area contributed by atoms with Crippen LogP contribution in [-0.2, 0) is 14.8 Å². The number of para-hydroxylation sites is 2. The van der Waals surface area contributed by atoms with E-state index in [-0.39, 0.29) is 11.8 Å². The van der Waals surface area contributed by atoms with Crippen LogP contribution in [0.25, 0.3) is 20.8 Å². The maximum Gasteiger partial charge on any atom is 0.227 e. The minimum atomic E-state index is -3.19. The average Bonchev–Trinajstić information content (AvgIpc) is 3.12. The van der Waals surface area contributed by atoms with Gasteiger partial charge in [0.1, 0.15) is 5.01 Å². The number of carbonyl (C=O) groups is 1. The highest BCUT2D eigenvalue weighted by Crippen LogP contribution is 2.34. The average molecular weight is 416 g/mol. The predicted molar refractivity (Wildman–Crippen MR) is 113 cm³/mol. The van der Waals surface area contributed by atoms with Gasteiger partial charge in [-0.2, -0.15) is 0 Å². The first-order valence-corrected chi connectivity index (χ1v) is 11.8. The summed E-state index contributed by atoms with van der Waals surface area (Å²) in [6.07, 6.45) is 2.27. The number of aromatic nitrogens is 1. The van der Waals surface area contributed by atoms with Gasteiger partial charge in [0, 0.05) is 24.6 Å². The monoisotopic (exact) mass is 415 g/mol. The maximum atomic E-state index is 12.8. The Morgan fingerprint density at radius 2 is 1.79 bits per heavy atom. The highest BCUT2D eigenvalue weighted by molar-refractivity contribution is 7.88. The van der Waals surface area contributed by atoms with Crippen molar-refractivity contribution in [1.82, 2.24) is 9.29 Å².